The van der Waals surface area contributed by atoms with Gasteiger partial charge >= 0.3 is 18.9 Å². The number of hydrogen-bond donors (Lipinski definition) is 0. The van der Waals surface area contributed by atoms with Gasteiger partial charge in [-0.3, -0.25) is 4.90 Å². The summed E-state index contributed by atoms with van der Waals surface area (Å²) in [5, 5.41) is 0.474. The zero-order valence-corrected chi connectivity index (χ0v) is 8.33. The Morgan fingerprint density at radius 3 is 2.45 bits per heavy atom. The van der Waals surface area contributed by atoms with Crippen LogP contribution in [0.5, 0.6) is 0 Å². The molecule has 0 atom stereocenters. The van der Waals surface area contributed by atoms with Gasteiger partial charge in [-0.05, 0) is 19.1 Å². The summed E-state index contributed by atoms with van der Waals surface area (Å²) in [5.74, 6) is 5.61. The molecule has 0 aliphatic carbocycles. The Kier molecular flexibility index (Phi) is 10.0. The summed E-state index contributed by atoms with van der Waals surface area (Å²) in [5.41, 5.74) is 0. The second-order valence-electron chi connectivity index (χ2n) is 2.07. The van der Waals surface area contributed by atoms with E-state index in [4.69, 9.17) is 12.6 Å². The summed E-state index contributed by atoms with van der Waals surface area (Å²) >= 11 is 4.75. The molecule has 0 aromatic carbocycles. The Balaban J connectivity index is 0. The van der Waals surface area contributed by atoms with Crippen LogP contribution in [0.1, 0.15) is 0 Å². The van der Waals surface area contributed by atoms with E-state index in [1.54, 1.807) is 7.05 Å². The second-order valence-corrected chi connectivity index (χ2v) is 2.46. The smallest absolute Gasteiger partial charge is 0.752 e. The molecule has 2 nitrogen and oxygen atoms in total. The van der Waals surface area contributed by atoms with Gasteiger partial charge in [-0.1, -0.05) is 11.8 Å². The van der Waals surface area contributed by atoms with Crippen LogP contribution in [0.2, 0.25) is 0 Å². The van der Waals surface area contributed by atoms with Crippen molar-refractivity contribution in [3.63, 3.8) is 0 Å². The Morgan fingerprint density at radius 2 is 2.09 bits per heavy atom. The van der Waals surface area contributed by atoms with Gasteiger partial charge in [0, 0.05) is 7.05 Å². The standard InChI is InChI=1S/C7H12N2S.Li/c1-8-7(10)5-4-6-9(2)3;/h6H2,1-3H3,(H,8,10);/q;+1/p-1. The molecule has 0 saturated carbocycles. The monoisotopic (exact) mass is 162 g/mol. The predicted molar refractivity (Wildman–Crippen MR) is 47.1 cm³/mol. The molecule has 0 fully saturated rings. The third-order valence-electron chi connectivity index (χ3n) is 0.794. The second kappa shape index (κ2) is 8.11. The van der Waals surface area contributed by atoms with Crippen molar-refractivity contribution in [3.8, 4) is 11.8 Å². The first-order valence-corrected chi connectivity index (χ1v) is 3.35. The number of nitrogens with zero attached hydrogens (tertiary/aromatic N) is 2. The van der Waals surface area contributed by atoms with Gasteiger partial charge in [0.15, 0.2) is 0 Å². The van der Waals surface area contributed by atoms with E-state index in [1.807, 2.05) is 19.0 Å². The predicted octanol–water partition coefficient (Wildman–Crippen LogP) is -2.87. The van der Waals surface area contributed by atoms with E-state index in [1.165, 1.54) is 0 Å². The van der Waals surface area contributed by atoms with Crippen LogP contribution in [-0.4, -0.2) is 37.6 Å². The largest absolute Gasteiger partial charge is 1.00 e. The molecular weight excluding hydrogens is 151 g/mol. The molecule has 0 saturated heterocycles. The quantitative estimate of drug-likeness (QED) is 0.135. The van der Waals surface area contributed by atoms with E-state index in [0.29, 0.717) is 5.04 Å². The summed E-state index contributed by atoms with van der Waals surface area (Å²) in [6.07, 6.45) is 0. The van der Waals surface area contributed by atoms with E-state index < -0.39 is 0 Å². The zero-order valence-electron chi connectivity index (χ0n) is 7.51. The van der Waals surface area contributed by atoms with E-state index in [2.05, 4.69) is 16.8 Å². The van der Waals surface area contributed by atoms with E-state index in [9.17, 15) is 0 Å². The molecule has 11 heavy (non-hydrogen) atoms. The van der Waals surface area contributed by atoms with E-state index in [-0.39, 0.29) is 18.9 Å². The van der Waals surface area contributed by atoms with Crippen LogP contribution in [0.4, 0.5) is 0 Å². The van der Waals surface area contributed by atoms with Crippen LogP contribution in [-0.2, 0) is 12.6 Å². The first-order valence-electron chi connectivity index (χ1n) is 2.94. The molecule has 0 aliphatic heterocycles. The van der Waals surface area contributed by atoms with Crippen molar-refractivity contribution in [2.75, 3.05) is 27.7 Å². The summed E-state index contributed by atoms with van der Waals surface area (Å²) < 4.78 is 0. The van der Waals surface area contributed by atoms with E-state index in [0.717, 1.165) is 6.54 Å². The van der Waals surface area contributed by atoms with Crippen molar-refractivity contribution in [1.29, 1.82) is 0 Å². The molecule has 4 heteroatoms. The fourth-order valence-corrected chi connectivity index (χ4v) is 0.401. The minimum atomic E-state index is 0. The first kappa shape index (κ1) is 13.6. The minimum absolute atomic E-state index is 0. The van der Waals surface area contributed by atoms with Crippen molar-refractivity contribution < 1.29 is 18.9 Å². The molecule has 0 unspecified atom stereocenters. The van der Waals surface area contributed by atoms with Crippen molar-refractivity contribution in [2.24, 2.45) is 4.99 Å². The van der Waals surface area contributed by atoms with Crippen LogP contribution < -0.4 is 18.9 Å². The number of hydrogen-bond acceptors (Lipinski definition) is 3. The van der Waals surface area contributed by atoms with Gasteiger partial charge in [-0.25, -0.2) is 0 Å². The summed E-state index contributed by atoms with van der Waals surface area (Å²) in [6.45, 7) is 0.732. The van der Waals surface area contributed by atoms with Gasteiger partial charge in [-0.15, -0.1) is 0 Å². The maximum absolute atomic E-state index is 4.75. The Hall–Kier alpha value is 0.00740. The first-order chi connectivity index (χ1) is 4.66. The SMILES string of the molecule is CN=C([S-])C#CCN(C)C.[Li+]. The third kappa shape index (κ3) is 10.0. The van der Waals surface area contributed by atoms with Gasteiger partial charge in [-0.2, -0.15) is 0 Å². The molecule has 0 radical (unpaired) electrons. The van der Waals surface area contributed by atoms with Crippen molar-refractivity contribution in [1.82, 2.24) is 4.90 Å². The normalized spacial score (nSPS) is 10.0. The van der Waals surface area contributed by atoms with Gasteiger partial charge in [0.05, 0.1) is 6.54 Å². The van der Waals surface area contributed by atoms with Crippen LogP contribution in [0.3, 0.4) is 0 Å². The summed E-state index contributed by atoms with van der Waals surface area (Å²) in [6, 6.07) is 0. The maximum Gasteiger partial charge on any atom is 1.00 e. The molecule has 0 bridgehead atoms. The van der Waals surface area contributed by atoms with E-state index >= 15 is 0 Å². The molecule has 0 spiro atoms. The van der Waals surface area contributed by atoms with Crippen molar-refractivity contribution in [3.05, 3.63) is 0 Å². The van der Waals surface area contributed by atoms with Crippen LogP contribution in [0.25, 0.3) is 0 Å². The van der Waals surface area contributed by atoms with Crippen LogP contribution >= 0.6 is 0 Å². The minimum Gasteiger partial charge on any atom is -0.752 e. The van der Waals surface area contributed by atoms with Gasteiger partial charge in [0.2, 0.25) is 0 Å². The molecule has 0 rings (SSSR count). The average molecular weight is 162 g/mol. The third-order valence-corrected chi connectivity index (χ3v) is 1.08. The van der Waals surface area contributed by atoms with Gasteiger partial charge in [0.1, 0.15) is 0 Å². The van der Waals surface area contributed by atoms with Crippen molar-refractivity contribution >= 4 is 17.7 Å². The molecule has 0 aromatic rings. The number of aliphatic imine (C=N–C) groups is 1. The Morgan fingerprint density at radius 1 is 1.55 bits per heavy atom. The van der Waals surface area contributed by atoms with Gasteiger partial charge in [0.25, 0.3) is 0 Å². The molecule has 56 valence electrons. The molecule has 0 aliphatic rings. The average Bonchev–Trinajstić information content (AvgIpc) is 1.87. The fourth-order valence-electron chi connectivity index (χ4n) is 0.329. The molecule has 0 amide bonds. The molecule has 0 N–H and O–H groups in total. The Bertz CT molecular complexity index is 179. The molecule has 0 aromatic heterocycles. The topological polar surface area (TPSA) is 15.6 Å². The Labute approximate surface area is 86.0 Å². The summed E-state index contributed by atoms with van der Waals surface area (Å²) in [4.78, 5) is 5.70. The maximum atomic E-state index is 4.75. The fraction of sp³-hybridized carbons (Fsp3) is 0.571. The summed E-state index contributed by atoms with van der Waals surface area (Å²) in [7, 11) is 5.56. The molecule has 0 heterocycles. The number of rotatable bonds is 1. The van der Waals surface area contributed by atoms with Crippen molar-refractivity contribution in [2.45, 2.75) is 0 Å². The van der Waals surface area contributed by atoms with Crippen LogP contribution in [0, 0.1) is 11.8 Å². The molecular formula is C7H11LiN2S. The van der Waals surface area contributed by atoms with Crippen LogP contribution in [0.15, 0.2) is 4.99 Å². The zero-order chi connectivity index (χ0) is 7.98. The van der Waals surface area contributed by atoms with Gasteiger partial charge < -0.3 is 17.6 Å².